The minimum absolute atomic E-state index is 0.373. The maximum atomic E-state index is 10.4. The molecular weight excluding hydrogens is 140 g/mol. The van der Waals surface area contributed by atoms with Crippen LogP contribution in [0.4, 0.5) is 0 Å². The van der Waals surface area contributed by atoms with Crippen LogP contribution in [0.1, 0.15) is 0 Å². The van der Waals surface area contributed by atoms with Crippen LogP contribution in [0.2, 0.25) is 0 Å². The molecule has 1 aliphatic heterocycles. The van der Waals surface area contributed by atoms with Crippen molar-refractivity contribution in [3.05, 3.63) is 11.5 Å². The first-order valence-electron chi connectivity index (χ1n) is 2.58. The summed E-state index contributed by atoms with van der Waals surface area (Å²) in [5, 5.41) is 26.0. The van der Waals surface area contributed by atoms with Crippen molar-refractivity contribution in [1.29, 1.82) is 0 Å². The van der Waals surface area contributed by atoms with Gasteiger partial charge in [-0.2, -0.15) is 0 Å². The van der Waals surface area contributed by atoms with Gasteiger partial charge in [0.15, 0.2) is 18.1 Å². The third kappa shape index (κ3) is 0.906. The summed E-state index contributed by atoms with van der Waals surface area (Å²) in [7, 11) is 0. The molecule has 0 saturated carbocycles. The highest BCUT2D eigenvalue weighted by atomic mass is 16.6. The van der Waals surface area contributed by atoms with E-state index >= 15 is 0 Å². The Morgan fingerprint density at radius 1 is 1.50 bits per heavy atom. The van der Waals surface area contributed by atoms with E-state index in [0.717, 1.165) is 0 Å². The standard InChI is InChI=1S/C5H6O5/c6-2-1-10-5(9)4(8)3(2)7/h4,6-8H,1H2. The Balaban J connectivity index is 2.88. The summed E-state index contributed by atoms with van der Waals surface area (Å²) >= 11 is 0. The molecule has 0 aromatic rings. The van der Waals surface area contributed by atoms with E-state index in [0.29, 0.717) is 0 Å². The summed E-state index contributed by atoms with van der Waals surface area (Å²) < 4.78 is 4.22. The molecule has 0 saturated heterocycles. The minimum Gasteiger partial charge on any atom is -0.506 e. The maximum absolute atomic E-state index is 10.4. The fourth-order valence-corrected chi connectivity index (χ4v) is 0.562. The van der Waals surface area contributed by atoms with Crippen molar-refractivity contribution >= 4 is 5.97 Å². The van der Waals surface area contributed by atoms with E-state index < -0.39 is 23.6 Å². The predicted octanol–water partition coefficient (Wildman–Crippen LogP) is -0.768. The third-order valence-corrected chi connectivity index (χ3v) is 1.13. The van der Waals surface area contributed by atoms with Crippen LogP contribution in [0.15, 0.2) is 11.5 Å². The number of cyclic esters (lactones) is 1. The van der Waals surface area contributed by atoms with Crippen molar-refractivity contribution < 1.29 is 24.9 Å². The minimum atomic E-state index is -1.73. The summed E-state index contributed by atoms with van der Waals surface area (Å²) in [5.74, 6) is -2.18. The molecule has 0 spiro atoms. The van der Waals surface area contributed by atoms with Crippen LogP contribution in [-0.4, -0.2) is 34.0 Å². The fourth-order valence-electron chi connectivity index (χ4n) is 0.562. The first-order chi connectivity index (χ1) is 4.63. The van der Waals surface area contributed by atoms with E-state index in [1.165, 1.54) is 0 Å². The van der Waals surface area contributed by atoms with Gasteiger partial charge < -0.3 is 20.1 Å². The molecule has 0 radical (unpaired) electrons. The van der Waals surface area contributed by atoms with Crippen LogP contribution >= 0.6 is 0 Å². The molecule has 3 N–H and O–H groups in total. The number of esters is 1. The number of ether oxygens (including phenoxy) is 1. The van der Waals surface area contributed by atoms with Crippen LogP contribution in [0, 0.1) is 0 Å². The third-order valence-electron chi connectivity index (χ3n) is 1.13. The van der Waals surface area contributed by atoms with Crippen LogP contribution in [0.25, 0.3) is 0 Å². The number of hydrogen-bond acceptors (Lipinski definition) is 5. The molecule has 10 heavy (non-hydrogen) atoms. The molecule has 0 aromatic heterocycles. The van der Waals surface area contributed by atoms with E-state index in [1.807, 2.05) is 0 Å². The molecule has 0 amide bonds. The summed E-state index contributed by atoms with van der Waals surface area (Å²) in [6.07, 6.45) is -1.73. The van der Waals surface area contributed by atoms with Gasteiger partial charge in [-0.1, -0.05) is 0 Å². The molecule has 1 rings (SSSR count). The molecule has 0 aromatic carbocycles. The second-order valence-corrected chi connectivity index (χ2v) is 1.84. The Morgan fingerprint density at radius 2 is 2.10 bits per heavy atom. The molecule has 5 nitrogen and oxygen atoms in total. The molecule has 1 heterocycles. The number of aliphatic hydroxyl groups excluding tert-OH is 3. The molecule has 1 aliphatic rings. The maximum Gasteiger partial charge on any atom is 0.343 e. The average molecular weight is 146 g/mol. The highest BCUT2D eigenvalue weighted by Crippen LogP contribution is 2.11. The van der Waals surface area contributed by atoms with Crippen molar-refractivity contribution in [2.45, 2.75) is 6.10 Å². The van der Waals surface area contributed by atoms with Gasteiger partial charge in [0.1, 0.15) is 0 Å². The van der Waals surface area contributed by atoms with Crippen molar-refractivity contribution in [1.82, 2.24) is 0 Å². The molecule has 0 fully saturated rings. The van der Waals surface area contributed by atoms with Gasteiger partial charge in [0.25, 0.3) is 0 Å². The van der Waals surface area contributed by atoms with E-state index in [4.69, 9.17) is 15.3 Å². The molecular formula is C5H6O5. The van der Waals surface area contributed by atoms with E-state index in [1.54, 1.807) is 0 Å². The van der Waals surface area contributed by atoms with Gasteiger partial charge in [0.05, 0.1) is 0 Å². The zero-order valence-corrected chi connectivity index (χ0v) is 4.94. The lowest BCUT2D eigenvalue weighted by atomic mass is 10.2. The topological polar surface area (TPSA) is 87.0 Å². The van der Waals surface area contributed by atoms with Crippen LogP contribution in [0.3, 0.4) is 0 Å². The van der Waals surface area contributed by atoms with Crippen LogP contribution in [0.5, 0.6) is 0 Å². The molecule has 0 bridgehead atoms. The summed E-state index contributed by atoms with van der Waals surface area (Å²) in [6, 6.07) is 0. The second kappa shape index (κ2) is 2.18. The molecule has 1 atom stereocenters. The molecule has 56 valence electrons. The lowest BCUT2D eigenvalue weighted by Gasteiger charge is -2.16. The van der Waals surface area contributed by atoms with Crippen molar-refractivity contribution in [3.8, 4) is 0 Å². The Hall–Kier alpha value is -1.23. The zero-order chi connectivity index (χ0) is 7.72. The summed E-state index contributed by atoms with van der Waals surface area (Å²) in [6.45, 7) is -0.373. The van der Waals surface area contributed by atoms with Crippen LogP contribution < -0.4 is 0 Å². The van der Waals surface area contributed by atoms with Crippen molar-refractivity contribution in [2.75, 3.05) is 6.61 Å². The summed E-state index contributed by atoms with van der Waals surface area (Å²) in [5.41, 5.74) is 0. The van der Waals surface area contributed by atoms with Gasteiger partial charge in [0.2, 0.25) is 6.10 Å². The lowest BCUT2D eigenvalue weighted by Crippen LogP contribution is -2.31. The second-order valence-electron chi connectivity index (χ2n) is 1.84. The number of carbonyl (C=O) groups excluding carboxylic acids is 1. The molecule has 1 unspecified atom stereocenters. The Labute approximate surface area is 56.2 Å². The summed E-state index contributed by atoms with van der Waals surface area (Å²) in [4.78, 5) is 10.4. The van der Waals surface area contributed by atoms with Crippen LogP contribution in [-0.2, 0) is 9.53 Å². The monoisotopic (exact) mass is 146 g/mol. The number of rotatable bonds is 0. The predicted molar refractivity (Wildman–Crippen MR) is 29.2 cm³/mol. The van der Waals surface area contributed by atoms with E-state index in [2.05, 4.69) is 4.74 Å². The Morgan fingerprint density at radius 3 is 2.60 bits per heavy atom. The van der Waals surface area contributed by atoms with E-state index in [-0.39, 0.29) is 6.61 Å². The fraction of sp³-hybridized carbons (Fsp3) is 0.400. The quantitative estimate of drug-likeness (QED) is 0.391. The SMILES string of the molecule is O=C1OCC(O)=C(O)C1O. The average Bonchev–Trinajstić information content (AvgIpc) is 1.93. The zero-order valence-electron chi connectivity index (χ0n) is 4.94. The van der Waals surface area contributed by atoms with Crippen molar-refractivity contribution in [2.24, 2.45) is 0 Å². The van der Waals surface area contributed by atoms with Gasteiger partial charge in [-0.3, -0.25) is 0 Å². The van der Waals surface area contributed by atoms with Gasteiger partial charge in [-0.15, -0.1) is 0 Å². The Bertz CT molecular complexity index is 194. The number of carbonyl (C=O) groups is 1. The highest BCUT2D eigenvalue weighted by molar-refractivity contribution is 5.78. The first kappa shape index (κ1) is 6.88. The smallest absolute Gasteiger partial charge is 0.343 e. The highest BCUT2D eigenvalue weighted by Gasteiger charge is 2.29. The van der Waals surface area contributed by atoms with Gasteiger partial charge >= 0.3 is 5.97 Å². The largest absolute Gasteiger partial charge is 0.506 e. The van der Waals surface area contributed by atoms with E-state index in [9.17, 15) is 4.79 Å². The number of hydrogen-bond donors (Lipinski definition) is 3. The lowest BCUT2D eigenvalue weighted by molar-refractivity contribution is -0.155. The van der Waals surface area contributed by atoms with Gasteiger partial charge in [-0.25, -0.2) is 4.79 Å². The van der Waals surface area contributed by atoms with Crippen molar-refractivity contribution in [3.63, 3.8) is 0 Å². The number of aliphatic hydroxyl groups is 3. The van der Waals surface area contributed by atoms with Gasteiger partial charge in [0, 0.05) is 0 Å². The normalized spacial score (nSPS) is 26.5. The molecule has 0 aliphatic carbocycles. The first-order valence-corrected chi connectivity index (χ1v) is 2.58. The Kier molecular flexibility index (Phi) is 1.50. The molecule has 5 heteroatoms. The van der Waals surface area contributed by atoms with Gasteiger partial charge in [-0.05, 0) is 0 Å².